The molecule has 0 aliphatic carbocycles. The van der Waals surface area contributed by atoms with Gasteiger partial charge in [-0.3, -0.25) is 0 Å². The van der Waals surface area contributed by atoms with Crippen molar-refractivity contribution >= 4 is 17.3 Å². The van der Waals surface area contributed by atoms with E-state index < -0.39 is 0 Å². The SMILES string of the molecule is CC1(c2ccc(C#N)cc2)Nc2ccc(Cl)cc2C2OCCC21. The number of anilines is 1. The number of nitrogens with one attached hydrogen (secondary N) is 1. The predicted molar refractivity (Wildman–Crippen MR) is 90.4 cm³/mol. The zero-order valence-electron chi connectivity index (χ0n) is 12.8. The van der Waals surface area contributed by atoms with Gasteiger partial charge in [-0.15, -0.1) is 0 Å². The van der Waals surface area contributed by atoms with Crippen LogP contribution in [0.4, 0.5) is 5.69 Å². The summed E-state index contributed by atoms with van der Waals surface area (Å²) in [6.07, 6.45) is 1.06. The highest BCUT2D eigenvalue weighted by Crippen LogP contribution is 2.53. The Morgan fingerprint density at radius 2 is 2.04 bits per heavy atom. The second-order valence-electron chi connectivity index (χ2n) is 6.43. The maximum Gasteiger partial charge on any atom is 0.0991 e. The van der Waals surface area contributed by atoms with Crippen molar-refractivity contribution in [1.29, 1.82) is 5.26 Å². The van der Waals surface area contributed by atoms with Gasteiger partial charge in [-0.1, -0.05) is 23.7 Å². The van der Waals surface area contributed by atoms with Gasteiger partial charge in [0.05, 0.1) is 23.3 Å². The molecule has 1 N–H and O–H groups in total. The Bertz CT molecular complexity index is 796. The van der Waals surface area contributed by atoms with Crippen LogP contribution in [0.25, 0.3) is 0 Å². The van der Waals surface area contributed by atoms with Crippen LogP contribution >= 0.6 is 11.6 Å². The van der Waals surface area contributed by atoms with E-state index in [1.165, 1.54) is 5.56 Å². The van der Waals surface area contributed by atoms with Crippen molar-refractivity contribution in [2.45, 2.75) is 25.0 Å². The summed E-state index contributed by atoms with van der Waals surface area (Å²) in [7, 11) is 0. The van der Waals surface area contributed by atoms with Crippen LogP contribution in [0.2, 0.25) is 5.02 Å². The van der Waals surface area contributed by atoms with E-state index in [1.807, 2.05) is 42.5 Å². The van der Waals surface area contributed by atoms with Gasteiger partial charge in [0.15, 0.2) is 0 Å². The molecular formula is C19H17ClN2O. The van der Waals surface area contributed by atoms with Crippen molar-refractivity contribution in [2.75, 3.05) is 11.9 Å². The molecule has 2 aromatic carbocycles. The van der Waals surface area contributed by atoms with Gasteiger partial charge in [0.25, 0.3) is 0 Å². The Balaban J connectivity index is 1.82. The molecule has 23 heavy (non-hydrogen) atoms. The summed E-state index contributed by atoms with van der Waals surface area (Å²) >= 11 is 6.17. The van der Waals surface area contributed by atoms with Gasteiger partial charge in [-0.05, 0) is 49.2 Å². The maximum atomic E-state index is 9.01. The van der Waals surface area contributed by atoms with Crippen molar-refractivity contribution in [2.24, 2.45) is 5.92 Å². The van der Waals surface area contributed by atoms with Gasteiger partial charge in [0.2, 0.25) is 0 Å². The largest absolute Gasteiger partial charge is 0.375 e. The van der Waals surface area contributed by atoms with Crippen LogP contribution < -0.4 is 5.32 Å². The van der Waals surface area contributed by atoms with Crippen molar-refractivity contribution in [1.82, 2.24) is 0 Å². The van der Waals surface area contributed by atoms with E-state index in [2.05, 4.69) is 18.3 Å². The van der Waals surface area contributed by atoms with E-state index in [-0.39, 0.29) is 11.6 Å². The number of nitrogens with zero attached hydrogens (tertiary/aromatic N) is 1. The highest BCUT2D eigenvalue weighted by Gasteiger charge is 2.48. The zero-order valence-corrected chi connectivity index (χ0v) is 13.6. The predicted octanol–water partition coefficient (Wildman–Crippen LogP) is 4.63. The Morgan fingerprint density at radius 3 is 2.78 bits per heavy atom. The highest BCUT2D eigenvalue weighted by molar-refractivity contribution is 6.30. The lowest BCUT2D eigenvalue weighted by Crippen LogP contribution is -2.44. The molecule has 4 heteroatoms. The summed E-state index contributed by atoms with van der Waals surface area (Å²) < 4.78 is 6.05. The molecule has 2 aromatic rings. The van der Waals surface area contributed by atoms with Gasteiger partial charge in [0.1, 0.15) is 0 Å². The second-order valence-corrected chi connectivity index (χ2v) is 6.87. The van der Waals surface area contributed by atoms with Crippen LogP contribution in [0.15, 0.2) is 42.5 Å². The van der Waals surface area contributed by atoms with E-state index in [1.54, 1.807) is 0 Å². The standard InChI is InChI=1S/C19H17ClN2O/c1-19(13-4-2-12(11-21)3-5-13)16-8-9-23-18(16)15-10-14(20)6-7-17(15)22-19/h2-7,10,16,18,22H,8-9H2,1H3. The minimum atomic E-state index is -0.226. The summed E-state index contributed by atoms with van der Waals surface area (Å²) in [6.45, 7) is 2.98. The molecule has 4 rings (SSSR count). The lowest BCUT2D eigenvalue weighted by molar-refractivity contribution is 0.0686. The molecule has 0 radical (unpaired) electrons. The molecule has 2 heterocycles. The van der Waals surface area contributed by atoms with Gasteiger partial charge in [0, 0.05) is 28.8 Å². The third kappa shape index (κ3) is 2.22. The Labute approximate surface area is 140 Å². The monoisotopic (exact) mass is 324 g/mol. The van der Waals surface area contributed by atoms with Crippen molar-refractivity contribution in [3.63, 3.8) is 0 Å². The molecule has 0 amide bonds. The number of rotatable bonds is 1. The number of ether oxygens (including phenoxy) is 1. The molecular weight excluding hydrogens is 308 g/mol. The number of halogens is 1. The number of nitriles is 1. The quantitative estimate of drug-likeness (QED) is 0.831. The topological polar surface area (TPSA) is 45.0 Å². The fourth-order valence-corrected chi connectivity index (χ4v) is 4.10. The lowest BCUT2D eigenvalue weighted by atomic mass is 9.71. The third-order valence-electron chi connectivity index (χ3n) is 5.16. The molecule has 116 valence electrons. The number of hydrogen-bond acceptors (Lipinski definition) is 3. The average molecular weight is 325 g/mol. The number of hydrogen-bond donors (Lipinski definition) is 1. The molecule has 2 aliphatic rings. The molecule has 1 saturated heterocycles. The maximum absolute atomic E-state index is 9.01. The van der Waals surface area contributed by atoms with Gasteiger partial charge in [-0.2, -0.15) is 5.26 Å². The van der Waals surface area contributed by atoms with Crippen molar-refractivity contribution in [3.8, 4) is 6.07 Å². The smallest absolute Gasteiger partial charge is 0.0991 e. The summed E-state index contributed by atoms with van der Waals surface area (Å²) in [4.78, 5) is 0. The molecule has 3 unspecified atom stereocenters. The number of benzene rings is 2. The number of fused-ring (bicyclic) bond motifs is 3. The summed E-state index contributed by atoms with van der Waals surface area (Å²) in [5.74, 6) is 0.335. The molecule has 2 aliphatic heterocycles. The first-order valence-corrected chi connectivity index (χ1v) is 8.19. The van der Waals surface area contributed by atoms with Crippen LogP contribution in [0.3, 0.4) is 0 Å². The average Bonchev–Trinajstić information content (AvgIpc) is 3.07. The first-order chi connectivity index (χ1) is 11.1. The Kier molecular flexibility index (Phi) is 3.33. The Morgan fingerprint density at radius 1 is 1.26 bits per heavy atom. The van der Waals surface area contributed by atoms with E-state index in [0.717, 1.165) is 29.3 Å². The minimum absolute atomic E-state index is 0.0607. The van der Waals surface area contributed by atoms with Crippen LogP contribution in [0.1, 0.15) is 36.1 Å². The van der Waals surface area contributed by atoms with Gasteiger partial charge >= 0.3 is 0 Å². The molecule has 1 fully saturated rings. The normalized spacial score (nSPS) is 28.4. The second kappa shape index (κ2) is 5.26. The first kappa shape index (κ1) is 14.6. The van der Waals surface area contributed by atoms with Crippen LogP contribution in [-0.2, 0) is 10.3 Å². The van der Waals surface area contributed by atoms with Crippen molar-refractivity contribution in [3.05, 3.63) is 64.2 Å². The summed E-state index contributed by atoms with van der Waals surface area (Å²) in [6, 6.07) is 16.0. The summed E-state index contributed by atoms with van der Waals surface area (Å²) in [5, 5.41) is 13.5. The highest BCUT2D eigenvalue weighted by atomic mass is 35.5. The first-order valence-electron chi connectivity index (χ1n) is 7.82. The van der Waals surface area contributed by atoms with E-state index in [4.69, 9.17) is 21.6 Å². The fourth-order valence-electron chi connectivity index (χ4n) is 3.92. The zero-order chi connectivity index (χ0) is 16.0. The summed E-state index contributed by atoms with van der Waals surface area (Å²) in [5.41, 5.74) is 3.85. The van der Waals surface area contributed by atoms with Crippen LogP contribution in [0, 0.1) is 17.2 Å². The van der Waals surface area contributed by atoms with Crippen LogP contribution in [0.5, 0.6) is 0 Å². The minimum Gasteiger partial charge on any atom is -0.375 e. The molecule has 0 aromatic heterocycles. The Hall–Kier alpha value is -2.02. The molecule has 0 bridgehead atoms. The fraction of sp³-hybridized carbons (Fsp3) is 0.316. The lowest BCUT2D eigenvalue weighted by Gasteiger charge is -2.45. The van der Waals surface area contributed by atoms with E-state index in [9.17, 15) is 0 Å². The van der Waals surface area contributed by atoms with Crippen LogP contribution in [-0.4, -0.2) is 6.61 Å². The van der Waals surface area contributed by atoms with E-state index >= 15 is 0 Å². The molecule has 3 nitrogen and oxygen atoms in total. The van der Waals surface area contributed by atoms with Gasteiger partial charge in [-0.25, -0.2) is 0 Å². The van der Waals surface area contributed by atoms with E-state index in [0.29, 0.717) is 11.5 Å². The molecule has 0 saturated carbocycles. The third-order valence-corrected chi connectivity index (χ3v) is 5.40. The van der Waals surface area contributed by atoms with Gasteiger partial charge < -0.3 is 10.1 Å². The van der Waals surface area contributed by atoms with Crippen molar-refractivity contribution < 1.29 is 4.74 Å². The molecule has 3 atom stereocenters. The molecule has 0 spiro atoms.